The average Bonchev–Trinajstić information content (AvgIpc) is 3.09. The molecule has 1 aromatic rings. The van der Waals surface area contributed by atoms with Gasteiger partial charge in [-0.15, -0.1) is 0 Å². The quantitative estimate of drug-likeness (QED) is 0.777. The van der Waals surface area contributed by atoms with Crippen LogP contribution in [0.2, 0.25) is 0 Å². The standard InChI is InChI=1S/C13H16INO/c1-2-15(9-10-7-8-10)13(16)11-5-3-4-6-12(11)14/h3-6,10H,2,7-9H2,1H3. The first-order valence-electron chi connectivity index (χ1n) is 5.76. The van der Waals surface area contributed by atoms with Crippen molar-refractivity contribution in [2.45, 2.75) is 19.8 Å². The highest BCUT2D eigenvalue weighted by Crippen LogP contribution is 2.30. The number of carbonyl (C=O) groups excluding carboxylic acids is 1. The van der Waals surface area contributed by atoms with Gasteiger partial charge in [-0.3, -0.25) is 4.79 Å². The van der Waals surface area contributed by atoms with E-state index in [1.807, 2.05) is 29.2 Å². The molecular formula is C13H16INO. The maximum Gasteiger partial charge on any atom is 0.254 e. The summed E-state index contributed by atoms with van der Waals surface area (Å²) in [6.07, 6.45) is 2.57. The number of hydrogen-bond donors (Lipinski definition) is 0. The Balaban J connectivity index is 2.12. The van der Waals surface area contributed by atoms with Gasteiger partial charge in [0.15, 0.2) is 0 Å². The lowest BCUT2D eigenvalue weighted by Crippen LogP contribution is -2.33. The molecule has 2 rings (SSSR count). The molecule has 0 saturated heterocycles. The van der Waals surface area contributed by atoms with Crippen LogP contribution in [0.5, 0.6) is 0 Å². The zero-order valence-electron chi connectivity index (χ0n) is 9.45. The van der Waals surface area contributed by atoms with E-state index in [1.54, 1.807) is 0 Å². The minimum atomic E-state index is 0.180. The monoisotopic (exact) mass is 329 g/mol. The van der Waals surface area contributed by atoms with Gasteiger partial charge >= 0.3 is 0 Å². The molecule has 0 N–H and O–H groups in total. The highest BCUT2D eigenvalue weighted by molar-refractivity contribution is 14.1. The topological polar surface area (TPSA) is 20.3 Å². The van der Waals surface area contributed by atoms with Crippen molar-refractivity contribution in [3.63, 3.8) is 0 Å². The van der Waals surface area contributed by atoms with Gasteiger partial charge in [0.05, 0.1) is 5.56 Å². The van der Waals surface area contributed by atoms with Crippen LogP contribution in [-0.2, 0) is 0 Å². The van der Waals surface area contributed by atoms with E-state index in [9.17, 15) is 4.79 Å². The molecule has 0 spiro atoms. The number of rotatable bonds is 4. The third kappa shape index (κ3) is 2.75. The molecule has 1 aliphatic carbocycles. The largest absolute Gasteiger partial charge is 0.339 e. The molecule has 0 bridgehead atoms. The Hall–Kier alpha value is -0.580. The van der Waals surface area contributed by atoms with Crippen LogP contribution in [0.3, 0.4) is 0 Å². The number of hydrogen-bond acceptors (Lipinski definition) is 1. The first-order valence-corrected chi connectivity index (χ1v) is 6.84. The molecule has 0 aliphatic heterocycles. The number of benzene rings is 1. The van der Waals surface area contributed by atoms with E-state index >= 15 is 0 Å². The minimum absolute atomic E-state index is 0.180. The lowest BCUT2D eigenvalue weighted by atomic mass is 10.2. The second-order valence-electron chi connectivity index (χ2n) is 4.27. The SMILES string of the molecule is CCN(CC1CC1)C(=O)c1ccccc1I. The molecule has 2 nitrogen and oxygen atoms in total. The van der Waals surface area contributed by atoms with Crippen molar-refractivity contribution in [2.24, 2.45) is 5.92 Å². The van der Waals surface area contributed by atoms with Crippen molar-refractivity contribution >= 4 is 28.5 Å². The van der Waals surface area contributed by atoms with Crippen molar-refractivity contribution in [1.82, 2.24) is 4.90 Å². The van der Waals surface area contributed by atoms with Gasteiger partial charge in [-0.1, -0.05) is 12.1 Å². The van der Waals surface area contributed by atoms with E-state index in [0.29, 0.717) is 0 Å². The second kappa shape index (κ2) is 5.17. The van der Waals surface area contributed by atoms with Gasteiger partial charge in [0.2, 0.25) is 0 Å². The summed E-state index contributed by atoms with van der Waals surface area (Å²) < 4.78 is 1.04. The van der Waals surface area contributed by atoms with Crippen LogP contribution >= 0.6 is 22.6 Å². The fraction of sp³-hybridized carbons (Fsp3) is 0.462. The molecule has 86 valence electrons. The van der Waals surface area contributed by atoms with E-state index in [4.69, 9.17) is 0 Å². The van der Waals surface area contributed by atoms with Crippen LogP contribution in [0.4, 0.5) is 0 Å². The lowest BCUT2D eigenvalue weighted by molar-refractivity contribution is 0.0756. The molecule has 1 aliphatic rings. The maximum atomic E-state index is 12.3. The number of carbonyl (C=O) groups is 1. The van der Waals surface area contributed by atoms with Gasteiger partial charge < -0.3 is 4.90 Å². The molecule has 0 aromatic heterocycles. The average molecular weight is 329 g/mol. The van der Waals surface area contributed by atoms with E-state index in [2.05, 4.69) is 29.5 Å². The molecule has 1 aromatic carbocycles. The lowest BCUT2D eigenvalue weighted by Gasteiger charge is -2.21. The molecule has 0 heterocycles. The number of amides is 1. The first-order chi connectivity index (χ1) is 7.72. The van der Waals surface area contributed by atoms with Gasteiger partial charge in [-0.25, -0.2) is 0 Å². The van der Waals surface area contributed by atoms with Crippen molar-refractivity contribution in [2.75, 3.05) is 13.1 Å². The van der Waals surface area contributed by atoms with Crippen LogP contribution in [0.25, 0.3) is 0 Å². The smallest absolute Gasteiger partial charge is 0.254 e. The third-order valence-corrected chi connectivity index (χ3v) is 3.89. The zero-order chi connectivity index (χ0) is 11.5. The Morgan fingerprint density at radius 1 is 1.44 bits per heavy atom. The molecular weight excluding hydrogens is 313 g/mol. The Kier molecular flexibility index (Phi) is 3.84. The Bertz CT molecular complexity index is 387. The van der Waals surface area contributed by atoms with Crippen molar-refractivity contribution in [3.8, 4) is 0 Å². The van der Waals surface area contributed by atoms with Gasteiger partial charge in [0.25, 0.3) is 5.91 Å². The number of nitrogens with zero attached hydrogens (tertiary/aromatic N) is 1. The summed E-state index contributed by atoms with van der Waals surface area (Å²) in [5.41, 5.74) is 0.839. The van der Waals surface area contributed by atoms with Crippen LogP contribution in [-0.4, -0.2) is 23.9 Å². The molecule has 0 radical (unpaired) electrons. The van der Waals surface area contributed by atoms with Gasteiger partial charge in [0.1, 0.15) is 0 Å². The molecule has 16 heavy (non-hydrogen) atoms. The molecule has 0 atom stereocenters. The van der Waals surface area contributed by atoms with Gasteiger partial charge in [0, 0.05) is 16.7 Å². The fourth-order valence-corrected chi connectivity index (χ4v) is 2.39. The second-order valence-corrected chi connectivity index (χ2v) is 5.43. The van der Waals surface area contributed by atoms with E-state index < -0.39 is 0 Å². The first kappa shape index (κ1) is 11.9. The van der Waals surface area contributed by atoms with E-state index in [1.165, 1.54) is 12.8 Å². The Morgan fingerprint density at radius 3 is 2.69 bits per heavy atom. The van der Waals surface area contributed by atoms with Crippen molar-refractivity contribution < 1.29 is 4.79 Å². The summed E-state index contributed by atoms with van der Waals surface area (Å²) in [5, 5.41) is 0. The minimum Gasteiger partial charge on any atom is -0.339 e. The molecule has 1 saturated carbocycles. The molecule has 0 unspecified atom stereocenters. The Morgan fingerprint density at radius 2 is 2.12 bits per heavy atom. The van der Waals surface area contributed by atoms with Crippen molar-refractivity contribution in [3.05, 3.63) is 33.4 Å². The van der Waals surface area contributed by atoms with Crippen LogP contribution in [0.1, 0.15) is 30.1 Å². The van der Waals surface area contributed by atoms with E-state index in [0.717, 1.165) is 28.1 Å². The highest BCUT2D eigenvalue weighted by atomic mass is 127. The Labute approximate surface area is 110 Å². The summed E-state index contributed by atoms with van der Waals surface area (Å²) in [6.45, 7) is 3.79. The summed E-state index contributed by atoms with van der Waals surface area (Å²) in [5.74, 6) is 0.935. The van der Waals surface area contributed by atoms with Crippen LogP contribution in [0.15, 0.2) is 24.3 Å². The summed E-state index contributed by atoms with van der Waals surface area (Å²) in [7, 11) is 0. The normalized spacial score (nSPS) is 14.9. The summed E-state index contributed by atoms with van der Waals surface area (Å²) in [6, 6.07) is 7.80. The summed E-state index contributed by atoms with van der Waals surface area (Å²) in [4.78, 5) is 14.2. The maximum absolute atomic E-state index is 12.3. The molecule has 3 heteroatoms. The van der Waals surface area contributed by atoms with Crippen molar-refractivity contribution in [1.29, 1.82) is 0 Å². The predicted octanol–water partition coefficient (Wildman–Crippen LogP) is 3.16. The zero-order valence-corrected chi connectivity index (χ0v) is 11.6. The molecule has 1 fully saturated rings. The predicted molar refractivity (Wildman–Crippen MR) is 73.5 cm³/mol. The fourth-order valence-electron chi connectivity index (χ4n) is 1.77. The third-order valence-electron chi connectivity index (χ3n) is 2.95. The number of halogens is 1. The van der Waals surface area contributed by atoms with E-state index in [-0.39, 0.29) is 5.91 Å². The highest BCUT2D eigenvalue weighted by Gasteiger charge is 2.26. The van der Waals surface area contributed by atoms with Crippen LogP contribution in [0, 0.1) is 9.49 Å². The van der Waals surface area contributed by atoms with Crippen LogP contribution < -0.4 is 0 Å². The summed E-state index contributed by atoms with van der Waals surface area (Å²) >= 11 is 2.23. The van der Waals surface area contributed by atoms with Gasteiger partial charge in [-0.2, -0.15) is 0 Å². The molecule has 1 amide bonds. The van der Waals surface area contributed by atoms with Gasteiger partial charge in [-0.05, 0) is 60.4 Å².